The van der Waals surface area contributed by atoms with Gasteiger partial charge in [0.2, 0.25) is 0 Å². The summed E-state index contributed by atoms with van der Waals surface area (Å²) in [6, 6.07) is 53.1. The highest BCUT2D eigenvalue weighted by Gasteiger charge is 2.14. The Morgan fingerprint density at radius 1 is 0.400 bits per heavy atom. The number of benzene rings is 6. The van der Waals surface area contributed by atoms with Crippen LogP contribution in [0, 0.1) is 0 Å². The van der Waals surface area contributed by atoms with E-state index in [2.05, 4.69) is 126 Å². The summed E-state index contributed by atoms with van der Waals surface area (Å²) in [4.78, 5) is 14.5. The van der Waals surface area contributed by atoms with Gasteiger partial charge in [0, 0.05) is 60.0 Å². The number of hydrogen-bond donors (Lipinski definition) is 0. The molecule has 0 atom stereocenters. The van der Waals surface area contributed by atoms with Gasteiger partial charge in [0.1, 0.15) is 11.2 Å². The molecule has 4 nitrogen and oxygen atoms in total. The summed E-state index contributed by atoms with van der Waals surface area (Å²) in [7, 11) is 0. The topological polar surface area (TPSA) is 51.8 Å². The molecule has 10 rings (SSSR count). The number of hydrogen-bond acceptors (Lipinski definition) is 5. The predicted octanol–water partition coefficient (Wildman–Crippen LogP) is 12.5. The molecular formula is C45H27N3OS. The van der Waals surface area contributed by atoms with Crippen molar-refractivity contribution in [2.75, 3.05) is 0 Å². The van der Waals surface area contributed by atoms with Gasteiger partial charge in [-0.25, -0.2) is 9.97 Å². The number of thiophene rings is 1. The normalized spacial score (nSPS) is 11.6. The first-order valence-electron chi connectivity index (χ1n) is 16.6. The molecule has 0 aliphatic rings. The molecule has 50 heavy (non-hydrogen) atoms. The van der Waals surface area contributed by atoms with Crippen molar-refractivity contribution in [1.29, 1.82) is 0 Å². The van der Waals surface area contributed by atoms with E-state index in [0.29, 0.717) is 5.82 Å². The molecule has 0 saturated carbocycles. The van der Waals surface area contributed by atoms with Gasteiger partial charge in [-0.15, -0.1) is 11.3 Å². The van der Waals surface area contributed by atoms with Crippen LogP contribution in [0.25, 0.3) is 98.3 Å². The van der Waals surface area contributed by atoms with Crippen LogP contribution >= 0.6 is 11.3 Å². The zero-order chi connectivity index (χ0) is 33.0. The Morgan fingerprint density at radius 3 is 1.86 bits per heavy atom. The molecule has 0 aliphatic heterocycles. The number of pyridine rings is 1. The summed E-state index contributed by atoms with van der Waals surface area (Å²) in [5.74, 6) is 0.673. The van der Waals surface area contributed by atoms with Crippen LogP contribution in [0.15, 0.2) is 168 Å². The monoisotopic (exact) mass is 657 g/mol. The highest BCUT2D eigenvalue weighted by Crippen LogP contribution is 2.38. The number of rotatable bonds is 5. The standard InChI is InChI=1S/C45H27N3OS/c1-3-9-41-35(7-1)38-24-33(20-22-42(38)49-41)40-26-39(47-45(48-40)31-17-13-29(14-18-31)34-6-5-23-46-27-34)30-15-11-28(12-16-30)32-19-21-37-36-8-2-4-10-43(36)50-44(37)25-32/h1-27H. The molecule has 0 saturated heterocycles. The third-order valence-corrected chi connectivity index (χ3v) is 10.6. The van der Waals surface area contributed by atoms with E-state index in [1.807, 2.05) is 47.9 Å². The second-order valence-electron chi connectivity index (χ2n) is 12.5. The second kappa shape index (κ2) is 11.6. The molecule has 0 radical (unpaired) electrons. The molecule has 0 aliphatic carbocycles. The first-order chi connectivity index (χ1) is 24.7. The van der Waals surface area contributed by atoms with E-state index < -0.39 is 0 Å². The Labute approximate surface area is 292 Å². The zero-order valence-corrected chi connectivity index (χ0v) is 27.6. The van der Waals surface area contributed by atoms with Crippen molar-refractivity contribution < 1.29 is 4.42 Å². The molecule has 0 N–H and O–H groups in total. The fourth-order valence-corrected chi connectivity index (χ4v) is 7.99. The maximum atomic E-state index is 6.13. The van der Waals surface area contributed by atoms with Gasteiger partial charge < -0.3 is 4.42 Å². The molecule has 0 amide bonds. The third kappa shape index (κ3) is 4.95. The molecule has 4 heterocycles. The fourth-order valence-electron chi connectivity index (χ4n) is 6.84. The summed E-state index contributed by atoms with van der Waals surface area (Å²) in [5.41, 5.74) is 11.0. The van der Waals surface area contributed by atoms with Crippen molar-refractivity contribution in [3.63, 3.8) is 0 Å². The third-order valence-electron chi connectivity index (χ3n) is 9.43. The van der Waals surface area contributed by atoms with Crippen LogP contribution in [0.2, 0.25) is 0 Å². The second-order valence-corrected chi connectivity index (χ2v) is 13.6. The molecule has 10 aromatic rings. The minimum atomic E-state index is 0.673. The van der Waals surface area contributed by atoms with Gasteiger partial charge >= 0.3 is 0 Å². The Bertz CT molecular complexity index is 2850. The van der Waals surface area contributed by atoms with Gasteiger partial charge in [0.25, 0.3) is 0 Å². The molecule has 0 unspecified atom stereocenters. The summed E-state index contributed by atoms with van der Waals surface area (Å²) < 4.78 is 8.74. The summed E-state index contributed by atoms with van der Waals surface area (Å²) >= 11 is 1.84. The van der Waals surface area contributed by atoms with Gasteiger partial charge in [-0.05, 0) is 70.8 Å². The van der Waals surface area contributed by atoms with Crippen LogP contribution in [0.1, 0.15) is 0 Å². The van der Waals surface area contributed by atoms with E-state index in [9.17, 15) is 0 Å². The van der Waals surface area contributed by atoms with E-state index in [0.717, 1.165) is 61.1 Å². The van der Waals surface area contributed by atoms with E-state index in [1.165, 1.54) is 31.3 Å². The number of furan rings is 1. The molecule has 4 aromatic heterocycles. The highest BCUT2D eigenvalue weighted by atomic mass is 32.1. The highest BCUT2D eigenvalue weighted by molar-refractivity contribution is 7.25. The lowest BCUT2D eigenvalue weighted by atomic mass is 10.00. The zero-order valence-electron chi connectivity index (χ0n) is 26.7. The lowest BCUT2D eigenvalue weighted by molar-refractivity contribution is 0.669. The number of nitrogens with zero attached hydrogens (tertiary/aromatic N) is 3. The SMILES string of the molecule is c1cncc(-c2ccc(-c3nc(-c4ccc(-c5ccc6c(c5)sc5ccccc56)cc4)cc(-c4ccc5oc6ccccc6c5c4)n3)cc2)c1. The Kier molecular flexibility index (Phi) is 6.64. The Morgan fingerprint density at radius 2 is 1.04 bits per heavy atom. The van der Waals surface area contributed by atoms with Crippen molar-refractivity contribution >= 4 is 53.4 Å². The van der Waals surface area contributed by atoms with Gasteiger partial charge in [-0.2, -0.15) is 0 Å². The minimum absolute atomic E-state index is 0.673. The fraction of sp³-hybridized carbons (Fsp3) is 0. The number of aromatic nitrogens is 3. The van der Waals surface area contributed by atoms with E-state index >= 15 is 0 Å². The quantitative estimate of drug-likeness (QED) is 0.185. The summed E-state index contributed by atoms with van der Waals surface area (Å²) in [5, 5.41) is 4.79. The van der Waals surface area contributed by atoms with Crippen LogP contribution in [0.3, 0.4) is 0 Å². The van der Waals surface area contributed by atoms with Gasteiger partial charge in [0.05, 0.1) is 11.4 Å². The maximum Gasteiger partial charge on any atom is 0.160 e. The van der Waals surface area contributed by atoms with E-state index in [1.54, 1.807) is 6.20 Å². The molecule has 0 spiro atoms. The first-order valence-corrected chi connectivity index (χ1v) is 17.4. The first kappa shape index (κ1) is 28.6. The van der Waals surface area contributed by atoms with Crippen molar-refractivity contribution in [2.45, 2.75) is 0 Å². The minimum Gasteiger partial charge on any atom is -0.456 e. The maximum absolute atomic E-state index is 6.13. The molecule has 6 aromatic carbocycles. The van der Waals surface area contributed by atoms with Gasteiger partial charge in [0.15, 0.2) is 5.82 Å². The molecule has 0 fully saturated rings. The molecule has 0 bridgehead atoms. The Hall–Kier alpha value is -6.43. The van der Waals surface area contributed by atoms with Crippen LogP contribution in [0.4, 0.5) is 0 Å². The van der Waals surface area contributed by atoms with E-state index in [4.69, 9.17) is 14.4 Å². The Balaban J connectivity index is 1.07. The summed E-state index contributed by atoms with van der Waals surface area (Å²) in [6.45, 7) is 0. The van der Waals surface area contributed by atoms with Crippen molar-refractivity contribution in [3.05, 3.63) is 164 Å². The summed E-state index contributed by atoms with van der Waals surface area (Å²) in [6.07, 6.45) is 3.67. The molecule has 5 heteroatoms. The van der Waals surface area contributed by atoms with Gasteiger partial charge in [-0.3, -0.25) is 4.98 Å². The van der Waals surface area contributed by atoms with Crippen LogP contribution < -0.4 is 0 Å². The van der Waals surface area contributed by atoms with Crippen LogP contribution in [-0.4, -0.2) is 15.0 Å². The average Bonchev–Trinajstić information content (AvgIpc) is 3.76. The van der Waals surface area contributed by atoms with Gasteiger partial charge in [-0.1, -0.05) is 103 Å². The lowest BCUT2D eigenvalue weighted by Crippen LogP contribution is -1.96. The average molecular weight is 658 g/mol. The smallest absolute Gasteiger partial charge is 0.160 e. The lowest BCUT2D eigenvalue weighted by Gasteiger charge is -2.11. The molecule has 234 valence electrons. The van der Waals surface area contributed by atoms with Crippen LogP contribution in [0.5, 0.6) is 0 Å². The van der Waals surface area contributed by atoms with Crippen molar-refractivity contribution in [3.8, 4) is 56.2 Å². The number of fused-ring (bicyclic) bond motifs is 6. The van der Waals surface area contributed by atoms with E-state index in [-0.39, 0.29) is 0 Å². The predicted molar refractivity (Wildman–Crippen MR) is 207 cm³/mol. The van der Waals surface area contributed by atoms with Crippen LogP contribution in [-0.2, 0) is 0 Å². The van der Waals surface area contributed by atoms with Crippen molar-refractivity contribution in [2.24, 2.45) is 0 Å². The van der Waals surface area contributed by atoms with Crippen molar-refractivity contribution in [1.82, 2.24) is 15.0 Å². The number of para-hydroxylation sites is 1. The molecular weight excluding hydrogens is 631 g/mol. The largest absolute Gasteiger partial charge is 0.456 e.